The molecule has 2 N–H and O–H groups in total. The van der Waals surface area contributed by atoms with Crippen molar-refractivity contribution in [1.82, 2.24) is 10.1 Å². The number of hydrogen-bond acceptors (Lipinski definition) is 5. The fourth-order valence-electron chi connectivity index (χ4n) is 2.89. The summed E-state index contributed by atoms with van der Waals surface area (Å²) in [4.78, 5) is 28.0. The minimum absolute atomic E-state index is 0.0554. The summed E-state index contributed by atoms with van der Waals surface area (Å²) >= 11 is 0. The van der Waals surface area contributed by atoms with Crippen molar-refractivity contribution < 1.29 is 23.7 Å². The van der Waals surface area contributed by atoms with Gasteiger partial charge in [0.2, 0.25) is 11.8 Å². The number of likely N-dealkylation sites (N-methyl/N-ethyl adjacent to an activating group) is 1. The number of carbonyl (C=O) groups is 2. The van der Waals surface area contributed by atoms with E-state index in [-0.39, 0.29) is 25.0 Å². The summed E-state index contributed by atoms with van der Waals surface area (Å²) in [6, 6.07) is 11.3. The fourth-order valence-corrected chi connectivity index (χ4v) is 2.89. The Morgan fingerprint density at radius 1 is 1.21 bits per heavy atom. The zero-order chi connectivity index (χ0) is 21.1. The number of rotatable bonds is 12. The Balaban J connectivity index is 1.91. The second kappa shape index (κ2) is 12.0. The van der Waals surface area contributed by atoms with Crippen LogP contribution in [0.15, 0.2) is 40.9 Å². The van der Waals surface area contributed by atoms with Gasteiger partial charge < -0.3 is 24.4 Å². The maximum atomic E-state index is 12.7. The van der Waals surface area contributed by atoms with Gasteiger partial charge in [-0.2, -0.15) is 0 Å². The van der Waals surface area contributed by atoms with E-state index in [4.69, 9.17) is 9.26 Å². The number of aryl methyl sites for hydroxylation is 1. The molecule has 2 amide bonds. The van der Waals surface area contributed by atoms with E-state index in [1.165, 1.54) is 4.90 Å². The van der Waals surface area contributed by atoms with Crippen LogP contribution in [0.5, 0.6) is 0 Å². The molecule has 2 aromatic rings. The van der Waals surface area contributed by atoms with Gasteiger partial charge in [-0.1, -0.05) is 35.5 Å². The molecule has 0 saturated heterocycles. The summed E-state index contributed by atoms with van der Waals surface area (Å²) in [6.07, 6.45) is 0. The highest BCUT2D eigenvalue weighted by atomic mass is 16.5. The largest absolute Gasteiger partial charge is 0.367 e. The van der Waals surface area contributed by atoms with Crippen LogP contribution in [0.25, 0.3) is 0 Å². The molecule has 0 atom stereocenters. The number of amides is 2. The Morgan fingerprint density at radius 3 is 2.55 bits per heavy atom. The van der Waals surface area contributed by atoms with E-state index in [0.29, 0.717) is 24.7 Å². The van der Waals surface area contributed by atoms with Gasteiger partial charge in [0.15, 0.2) is 5.82 Å². The van der Waals surface area contributed by atoms with Crippen LogP contribution in [0.2, 0.25) is 0 Å². The van der Waals surface area contributed by atoms with E-state index in [0.717, 1.165) is 25.2 Å². The molecule has 0 unspecified atom stereocenters. The van der Waals surface area contributed by atoms with Gasteiger partial charge in [-0.15, -0.1) is 0 Å². The Labute approximate surface area is 171 Å². The van der Waals surface area contributed by atoms with E-state index < -0.39 is 0 Å². The van der Waals surface area contributed by atoms with Crippen LogP contribution in [0.3, 0.4) is 0 Å². The normalized spacial score (nSPS) is 10.9. The number of quaternary nitrogens is 1. The lowest BCUT2D eigenvalue weighted by Crippen LogP contribution is -3.12. The summed E-state index contributed by atoms with van der Waals surface area (Å²) < 4.78 is 10.5. The topological polar surface area (TPSA) is 89.1 Å². The number of carbonyl (C=O) groups excluding carboxylic acids is 2. The number of nitrogens with zero attached hydrogens (tertiary/aromatic N) is 2. The molecule has 8 nitrogen and oxygen atoms in total. The molecule has 0 aliphatic heterocycles. The van der Waals surface area contributed by atoms with Gasteiger partial charge in [-0.05, 0) is 26.3 Å². The molecular formula is C21H31N4O4+. The summed E-state index contributed by atoms with van der Waals surface area (Å²) in [7, 11) is 0. The number of ether oxygens (including phenoxy) is 1. The van der Waals surface area contributed by atoms with Crippen LogP contribution < -0.4 is 10.2 Å². The molecule has 1 aromatic heterocycles. The highest BCUT2D eigenvalue weighted by Gasteiger charge is 2.20. The van der Waals surface area contributed by atoms with Crippen molar-refractivity contribution in [2.45, 2.75) is 27.4 Å². The summed E-state index contributed by atoms with van der Waals surface area (Å²) in [5, 5.41) is 6.41. The lowest BCUT2D eigenvalue weighted by atomic mass is 10.2. The average molecular weight is 404 g/mol. The third-order valence-corrected chi connectivity index (χ3v) is 4.65. The third-order valence-electron chi connectivity index (χ3n) is 4.65. The Hall–Kier alpha value is -2.71. The Kier molecular flexibility index (Phi) is 9.33. The molecular weight excluding hydrogens is 372 g/mol. The van der Waals surface area contributed by atoms with Crippen LogP contribution in [0.1, 0.15) is 25.2 Å². The Morgan fingerprint density at radius 2 is 1.93 bits per heavy atom. The van der Waals surface area contributed by atoms with Crippen LogP contribution >= 0.6 is 0 Å². The minimum Gasteiger partial charge on any atom is -0.367 e. The van der Waals surface area contributed by atoms with Crippen LogP contribution in [0, 0.1) is 6.92 Å². The molecule has 158 valence electrons. The molecule has 0 aliphatic carbocycles. The molecule has 2 rings (SSSR count). The lowest BCUT2D eigenvalue weighted by Gasteiger charge is -2.24. The van der Waals surface area contributed by atoms with Gasteiger partial charge in [0.05, 0.1) is 32.8 Å². The van der Waals surface area contributed by atoms with Gasteiger partial charge in [-0.3, -0.25) is 9.59 Å². The van der Waals surface area contributed by atoms with Crippen molar-refractivity contribution in [3.05, 3.63) is 47.7 Å². The molecule has 0 spiro atoms. The first-order valence-electron chi connectivity index (χ1n) is 9.98. The highest BCUT2D eigenvalue weighted by Crippen LogP contribution is 2.07. The van der Waals surface area contributed by atoms with Crippen molar-refractivity contribution >= 4 is 17.6 Å². The van der Waals surface area contributed by atoms with E-state index in [9.17, 15) is 9.59 Å². The van der Waals surface area contributed by atoms with Gasteiger partial charge in [0, 0.05) is 6.07 Å². The molecule has 8 heteroatoms. The van der Waals surface area contributed by atoms with Gasteiger partial charge in [-0.25, -0.2) is 0 Å². The van der Waals surface area contributed by atoms with Gasteiger partial charge in [0.1, 0.15) is 18.9 Å². The predicted octanol–water partition coefficient (Wildman–Crippen LogP) is 0.892. The molecule has 0 bridgehead atoms. The first-order chi connectivity index (χ1) is 14.0. The maximum Gasteiger partial charge on any atom is 0.249 e. The summed E-state index contributed by atoms with van der Waals surface area (Å²) in [5.41, 5.74) is 0.999. The van der Waals surface area contributed by atoms with E-state index in [2.05, 4.69) is 24.3 Å². The van der Waals surface area contributed by atoms with Crippen molar-refractivity contribution in [1.29, 1.82) is 0 Å². The smallest absolute Gasteiger partial charge is 0.249 e. The van der Waals surface area contributed by atoms with E-state index in [1.54, 1.807) is 17.9 Å². The highest BCUT2D eigenvalue weighted by molar-refractivity contribution is 5.93. The lowest BCUT2D eigenvalue weighted by molar-refractivity contribution is -0.895. The molecule has 29 heavy (non-hydrogen) atoms. The maximum absolute atomic E-state index is 12.7. The number of hydrogen-bond donors (Lipinski definition) is 2. The van der Waals surface area contributed by atoms with Crippen molar-refractivity contribution in [2.24, 2.45) is 0 Å². The van der Waals surface area contributed by atoms with E-state index in [1.807, 2.05) is 30.3 Å². The second-order valence-corrected chi connectivity index (χ2v) is 6.87. The van der Waals surface area contributed by atoms with Crippen LogP contribution in [-0.2, 0) is 20.9 Å². The third kappa shape index (κ3) is 8.05. The monoisotopic (exact) mass is 403 g/mol. The number of anilines is 1. The molecule has 0 saturated carbocycles. The molecule has 1 heterocycles. The zero-order valence-corrected chi connectivity index (χ0v) is 17.4. The Bertz CT molecular complexity index is 759. The van der Waals surface area contributed by atoms with Crippen molar-refractivity contribution in [3.8, 4) is 0 Å². The standard InChI is InChI=1S/C21H30N4O4/c1-4-24(5-2)11-12-25(14-20(26)22-19-13-17(3)29-23-19)21(27)16-28-15-18-9-7-6-8-10-18/h6-10,13H,4-5,11-12,14-16H2,1-3H3,(H,22,23,26)/p+1. The van der Waals surface area contributed by atoms with Gasteiger partial charge in [0.25, 0.3) is 0 Å². The SMILES string of the molecule is CC[NH+](CC)CCN(CC(=O)Nc1cc(C)on1)C(=O)COCc1ccccc1. The number of benzene rings is 1. The number of nitrogens with one attached hydrogen (secondary N) is 2. The molecule has 1 aromatic carbocycles. The zero-order valence-electron chi connectivity index (χ0n) is 17.4. The van der Waals surface area contributed by atoms with Gasteiger partial charge >= 0.3 is 0 Å². The molecule has 0 fully saturated rings. The van der Waals surface area contributed by atoms with Crippen molar-refractivity contribution in [3.63, 3.8) is 0 Å². The molecule has 0 aliphatic rings. The first kappa shape index (κ1) is 22.6. The summed E-state index contributed by atoms with van der Waals surface area (Å²) in [6.45, 7) is 9.37. The predicted molar refractivity (Wildman–Crippen MR) is 109 cm³/mol. The van der Waals surface area contributed by atoms with Crippen LogP contribution in [-0.4, -0.2) is 61.2 Å². The fraction of sp³-hybridized carbons (Fsp3) is 0.476. The molecule has 0 radical (unpaired) electrons. The first-order valence-corrected chi connectivity index (χ1v) is 9.98. The van der Waals surface area contributed by atoms with E-state index >= 15 is 0 Å². The number of aromatic nitrogens is 1. The minimum atomic E-state index is -0.316. The quantitative estimate of drug-likeness (QED) is 0.550. The average Bonchev–Trinajstić information content (AvgIpc) is 3.13. The second-order valence-electron chi connectivity index (χ2n) is 6.87. The van der Waals surface area contributed by atoms with Crippen LogP contribution in [0.4, 0.5) is 5.82 Å². The van der Waals surface area contributed by atoms with Crippen molar-refractivity contribution in [2.75, 3.05) is 44.6 Å². The summed E-state index contributed by atoms with van der Waals surface area (Å²) in [5.74, 6) is 0.422.